The van der Waals surface area contributed by atoms with Crippen LogP contribution < -0.4 is 0 Å². The Bertz CT molecular complexity index is 1010. The number of hydrogen-bond acceptors (Lipinski definition) is 7. The van der Waals surface area contributed by atoms with Gasteiger partial charge in [-0.3, -0.25) is 4.79 Å². The summed E-state index contributed by atoms with van der Waals surface area (Å²) < 4.78 is 6.40. The van der Waals surface area contributed by atoms with Crippen molar-refractivity contribution in [3.8, 4) is 10.7 Å². The van der Waals surface area contributed by atoms with E-state index in [1.165, 1.54) is 11.3 Å². The van der Waals surface area contributed by atoms with Crippen LogP contribution in [0.3, 0.4) is 0 Å². The summed E-state index contributed by atoms with van der Waals surface area (Å²) in [6.07, 6.45) is 0. The van der Waals surface area contributed by atoms with Crippen LogP contribution in [-0.4, -0.2) is 39.0 Å². The summed E-state index contributed by atoms with van der Waals surface area (Å²) in [7, 11) is 0. The Morgan fingerprint density at radius 1 is 1.16 bits per heavy atom. The highest BCUT2D eigenvalue weighted by atomic mass is 32.1. The van der Waals surface area contributed by atoms with Crippen molar-refractivity contribution in [3.63, 3.8) is 0 Å². The number of amides is 1. The Morgan fingerprint density at radius 3 is 2.84 bits per heavy atom. The molecule has 1 saturated heterocycles. The monoisotopic (exact) mass is 368 g/mol. The van der Waals surface area contributed by atoms with E-state index in [2.05, 4.69) is 15.1 Å². The second-order valence-electron chi connectivity index (χ2n) is 5.83. The quantitative estimate of drug-likeness (QED) is 0.552. The number of fused-ring (bicyclic) bond motifs is 1. The van der Waals surface area contributed by atoms with E-state index in [1.54, 1.807) is 16.2 Å². The average Bonchev–Trinajstić information content (AvgIpc) is 3.32. The number of thiophene rings is 1. The number of rotatable bonds is 3. The molecule has 0 atom stereocenters. The summed E-state index contributed by atoms with van der Waals surface area (Å²) in [4.78, 5) is 24.2. The molecule has 0 spiro atoms. The summed E-state index contributed by atoms with van der Waals surface area (Å²) >= 11 is 3.00. The van der Waals surface area contributed by atoms with Crippen LogP contribution >= 0.6 is 22.7 Å². The maximum Gasteiger partial charge on any atom is 0.282 e. The standard InChI is InChI=1S/C17H12N4O2S2/c22-17(16-18-11-4-1-2-5-12(11)25-16)21-8-10(9-21)15-19-14(20-23-15)13-6-3-7-24-13/h1-7,10H,8-9H2. The van der Waals surface area contributed by atoms with Gasteiger partial charge in [0.2, 0.25) is 11.7 Å². The number of para-hydroxylation sites is 1. The van der Waals surface area contributed by atoms with Crippen molar-refractivity contribution in [2.75, 3.05) is 13.1 Å². The zero-order valence-corrected chi connectivity index (χ0v) is 14.6. The lowest BCUT2D eigenvalue weighted by atomic mass is 10.0. The van der Waals surface area contributed by atoms with Crippen LogP contribution in [0.25, 0.3) is 20.9 Å². The Labute approximate surface area is 150 Å². The molecular formula is C17H12N4O2S2. The predicted molar refractivity (Wildman–Crippen MR) is 95.9 cm³/mol. The molecule has 4 heterocycles. The molecule has 5 rings (SSSR count). The second kappa shape index (κ2) is 5.75. The Balaban J connectivity index is 1.29. The fourth-order valence-electron chi connectivity index (χ4n) is 2.81. The van der Waals surface area contributed by atoms with Crippen molar-refractivity contribution in [1.82, 2.24) is 20.0 Å². The van der Waals surface area contributed by atoms with E-state index < -0.39 is 0 Å². The van der Waals surface area contributed by atoms with Crippen molar-refractivity contribution < 1.29 is 9.32 Å². The third-order valence-electron chi connectivity index (χ3n) is 4.18. The van der Waals surface area contributed by atoms with Gasteiger partial charge in [0.15, 0.2) is 5.01 Å². The third-order valence-corrected chi connectivity index (χ3v) is 6.07. The van der Waals surface area contributed by atoms with Crippen LogP contribution in [0.5, 0.6) is 0 Å². The largest absolute Gasteiger partial charge is 0.339 e. The first kappa shape index (κ1) is 14.7. The molecule has 1 aromatic carbocycles. The average molecular weight is 368 g/mol. The number of carbonyl (C=O) groups is 1. The zero-order chi connectivity index (χ0) is 16.8. The lowest BCUT2D eigenvalue weighted by molar-refractivity contribution is 0.0569. The summed E-state index contributed by atoms with van der Waals surface area (Å²) in [5.41, 5.74) is 0.866. The van der Waals surface area contributed by atoms with Gasteiger partial charge in [-0.15, -0.1) is 22.7 Å². The number of aromatic nitrogens is 3. The summed E-state index contributed by atoms with van der Waals surface area (Å²) in [5.74, 6) is 1.27. The minimum atomic E-state index is -0.0320. The smallest absolute Gasteiger partial charge is 0.282 e. The highest BCUT2D eigenvalue weighted by molar-refractivity contribution is 7.20. The molecule has 1 amide bonds. The first-order chi connectivity index (χ1) is 12.3. The molecule has 6 nitrogen and oxygen atoms in total. The lowest BCUT2D eigenvalue weighted by Gasteiger charge is -2.36. The number of thiazole rings is 1. The topological polar surface area (TPSA) is 72.1 Å². The van der Waals surface area contributed by atoms with E-state index in [0.717, 1.165) is 15.1 Å². The summed E-state index contributed by atoms with van der Waals surface area (Å²) in [5, 5.41) is 6.54. The van der Waals surface area contributed by atoms with Gasteiger partial charge in [0, 0.05) is 13.1 Å². The van der Waals surface area contributed by atoms with E-state index in [4.69, 9.17) is 4.52 Å². The normalized spacial score (nSPS) is 14.8. The van der Waals surface area contributed by atoms with Crippen molar-refractivity contribution in [1.29, 1.82) is 0 Å². The van der Waals surface area contributed by atoms with Gasteiger partial charge >= 0.3 is 0 Å². The minimum Gasteiger partial charge on any atom is -0.339 e. The van der Waals surface area contributed by atoms with E-state index in [9.17, 15) is 4.79 Å². The van der Waals surface area contributed by atoms with Gasteiger partial charge < -0.3 is 9.42 Å². The van der Waals surface area contributed by atoms with Crippen molar-refractivity contribution in [3.05, 3.63) is 52.7 Å². The molecule has 8 heteroatoms. The van der Waals surface area contributed by atoms with Crippen molar-refractivity contribution in [2.45, 2.75) is 5.92 Å². The number of likely N-dealkylation sites (tertiary alicyclic amines) is 1. The number of carbonyl (C=O) groups excluding carboxylic acids is 1. The third kappa shape index (κ3) is 2.54. The van der Waals surface area contributed by atoms with Gasteiger partial charge in [0.05, 0.1) is 21.0 Å². The number of benzene rings is 1. The fourth-order valence-corrected chi connectivity index (χ4v) is 4.39. The van der Waals surface area contributed by atoms with Gasteiger partial charge in [-0.05, 0) is 23.6 Å². The molecule has 1 aliphatic rings. The molecule has 124 valence electrons. The minimum absolute atomic E-state index is 0.0320. The fraction of sp³-hybridized carbons (Fsp3) is 0.176. The molecular weight excluding hydrogens is 356 g/mol. The van der Waals surface area contributed by atoms with Crippen LogP contribution in [-0.2, 0) is 0 Å². The maximum absolute atomic E-state index is 12.6. The van der Waals surface area contributed by atoms with Crippen LogP contribution in [0.2, 0.25) is 0 Å². The number of hydrogen-bond donors (Lipinski definition) is 0. The first-order valence-electron chi connectivity index (χ1n) is 7.80. The molecule has 25 heavy (non-hydrogen) atoms. The molecule has 1 fully saturated rings. The SMILES string of the molecule is O=C(c1nc2ccccc2s1)N1CC(c2nc(-c3cccs3)no2)C1. The first-order valence-corrected chi connectivity index (χ1v) is 9.50. The molecule has 0 saturated carbocycles. The highest BCUT2D eigenvalue weighted by Crippen LogP contribution is 2.31. The Kier molecular flexibility index (Phi) is 3.39. The predicted octanol–water partition coefficient (Wildman–Crippen LogP) is 3.65. The summed E-state index contributed by atoms with van der Waals surface area (Å²) in [6, 6.07) is 11.7. The Hall–Kier alpha value is -2.58. The van der Waals surface area contributed by atoms with Crippen LogP contribution in [0.1, 0.15) is 21.6 Å². The van der Waals surface area contributed by atoms with Gasteiger partial charge in [-0.2, -0.15) is 4.98 Å². The van der Waals surface area contributed by atoms with Gasteiger partial charge in [0.1, 0.15) is 0 Å². The highest BCUT2D eigenvalue weighted by Gasteiger charge is 2.37. The molecule has 3 aromatic heterocycles. The van der Waals surface area contributed by atoms with Crippen LogP contribution in [0, 0.1) is 0 Å². The zero-order valence-electron chi connectivity index (χ0n) is 13.0. The molecule has 0 N–H and O–H groups in total. The van der Waals surface area contributed by atoms with Crippen molar-refractivity contribution in [2.24, 2.45) is 0 Å². The van der Waals surface area contributed by atoms with E-state index in [1.807, 2.05) is 41.8 Å². The van der Waals surface area contributed by atoms with Gasteiger partial charge in [-0.1, -0.05) is 23.4 Å². The van der Waals surface area contributed by atoms with Crippen LogP contribution in [0.4, 0.5) is 0 Å². The van der Waals surface area contributed by atoms with Crippen LogP contribution in [0.15, 0.2) is 46.3 Å². The molecule has 0 aliphatic carbocycles. The van der Waals surface area contributed by atoms with E-state index >= 15 is 0 Å². The molecule has 0 bridgehead atoms. The van der Waals surface area contributed by atoms with Gasteiger partial charge in [0.25, 0.3) is 5.91 Å². The maximum atomic E-state index is 12.6. The lowest BCUT2D eigenvalue weighted by Crippen LogP contribution is -2.48. The molecule has 1 aliphatic heterocycles. The molecule has 0 unspecified atom stereocenters. The summed E-state index contributed by atoms with van der Waals surface area (Å²) in [6.45, 7) is 1.17. The number of nitrogens with zero attached hydrogens (tertiary/aromatic N) is 4. The van der Waals surface area contributed by atoms with E-state index in [0.29, 0.717) is 29.8 Å². The van der Waals surface area contributed by atoms with E-state index in [-0.39, 0.29) is 11.8 Å². The van der Waals surface area contributed by atoms with Crippen molar-refractivity contribution >= 4 is 38.8 Å². The molecule has 4 aromatic rings. The van der Waals surface area contributed by atoms with Gasteiger partial charge in [-0.25, -0.2) is 4.98 Å². The molecule has 0 radical (unpaired) electrons. The Morgan fingerprint density at radius 2 is 2.04 bits per heavy atom. The second-order valence-corrected chi connectivity index (χ2v) is 7.81.